The molecule has 2 aromatic heterocycles. The number of benzene rings is 1. The van der Waals surface area contributed by atoms with E-state index in [1.54, 1.807) is 18.5 Å². The Bertz CT molecular complexity index is 1580. The fourth-order valence-corrected chi connectivity index (χ4v) is 7.13. The van der Waals surface area contributed by atoms with Crippen LogP contribution in [0.1, 0.15) is 64.0 Å². The summed E-state index contributed by atoms with van der Waals surface area (Å²) in [5.41, 5.74) is 1.07. The lowest BCUT2D eigenvalue weighted by Crippen LogP contribution is -2.65. The van der Waals surface area contributed by atoms with E-state index in [4.69, 9.17) is 18.9 Å². The van der Waals surface area contributed by atoms with E-state index in [0.717, 1.165) is 25.9 Å². The summed E-state index contributed by atoms with van der Waals surface area (Å²) in [6, 6.07) is 8.96. The van der Waals surface area contributed by atoms with Crippen LogP contribution in [-0.2, 0) is 18.9 Å². The number of carbonyl (C=O) groups is 2. The summed E-state index contributed by atoms with van der Waals surface area (Å²) < 4.78 is 26.9. The molecule has 13 nitrogen and oxygen atoms in total. The number of ether oxygens (including phenoxy) is 4. The Morgan fingerprint density at radius 2 is 1.80 bits per heavy atom. The van der Waals surface area contributed by atoms with E-state index in [1.165, 1.54) is 6.33 Å². The number of anilines is 1. The van der Waals surface area contributed by atoms with Crippen molar-refractivity contribution in [2.45, 2.75) is 83.4 Å². The highest BCUT2D eigenvalue weighted by molar-refractivity contribution is 6.06. The third-order valence-electron chi connectivity index (χ3n) is 8.91. The lowest BCUT2D eigenvalue weighted by atomic mass is 9.73. The van der Waals surface area contributed by atoms with Crippen LogP contribution in [0.25, 0.3) is 11.2 Å². The molecular weight excluding hydrogens is 578 g/mol. The molecule has 1 spiro atoms. The number of nitrogens with one attached hydrogen (secondary N) is 1. The van der Waals surface area contributed by atoms with Gasteiger partial charge in [0.25, 0.3) is 5.91 Å². The molecule has 240 valence electrons. The van der Waals surface area contributed by atoms with Crippen LogP contribution in [0.15, 0.2) is 43.0 Å². The Morgan fingerprint density at radius 1 is 1.04 bits per heavy atom. The average molecular weight is 620 g/mol. The topological polar surface area (TPSA) is 133 Å². The molecule has 4 aliphatic heterocycles. The van der Waals surface area contributed by atoms with E-state index in [-0.39, 0.29) is 35.7 Å². The quantitative estimate of drug-likeness (QED) is 0.449. The van der Waals surface area contributed by atoms with Gasteiger partial charge in [-0.1, -0.05) is 18.2 Å². The SMILES string of the molecule is CC(C)(C)OC(=O)N1CC2(CCCN(C[C@H]3O[C@@H](n4cnc5c(NC(=O)c6ccccc6)ncnc54)[C@@H]4OC(C)(C)O[C@@H]43)C2)C1. The second-order valence-corrected chi connectivity index (χ2v) is 14.2. The van der Waals surface area contributed by atoms with Crippen LogP contribution >= 0.6 is 0 Å². The van der Waals surface area contributed by atoms with E-state index < -0.39 is 17.6 Å². The fraction of sp³-hybridized carbons (Fsp3) is 0.594. The van der Waals surface area contributed by atoms with Gasteiger partial charge in [-0.15, -0.1) is 0 Å². The lowest BCUT2D eigenvalue weighted by Gasteiger charge is -2.54. The highest BCUT2D eigenvalue weighted by atomic mass is 16.8. The van der Waals surface area contributed by atoms with E-state index in [2.05, 4.69) is 25.2 Å². The summed E-state index contributed by atoms with van der Waals surface area (Å²) >= 11 is 0. The van der Waals surface area contributed by atoms with E-state index in [1.807, 2.05) is 62.3 Å². The van der Waals surface area contributed by atoms with Gasteiger partial charge in [-0.25, -0.2) is 19.7 Å². The van der Waals surface area contributed by atoms with Gasteiger partial charge in [0.1, 0.15) is 30.2 Å². The highest BCUT2D eigenvalue weighted by Gasteiger charge is 2.57. The average Bonchev–Trinajstić information content (AvgIpc) is 3.63. The lowest BCUT2D eigenvalue weighted by molar-refractivity contribution is -0.199. The molecule has 0 saturated carbocycles. The van der Waals surface area contributed by atoms with E-state index >= 15 is 0 Å². The van der Waals surface area contributed by atoms with E-state index in [9.17, 15) is 9.59 Å². The molecule has 7 rings (SSSR count). The molecule has 0 aliphatic carbocycles. The molecule has 1 N–H and O–H groups in total. The second kappa shape index (κ2) is 11.0. The molecule has 45 heavy (non-hydrogen) atoms. The summed E-state index contributed by atoms with van der Waals surface area (Å²) in [4.78, 5) is 43.1. The van der Waals surface area contributed by atoms with Crippen LogP contribution in [0.4, 0.5) is 10.6 Å². The van der Waals surface area contributed by atoms with Gasteiger partial charge in [0.05, 0.1) is 6.33 Å². The normalized spacial score (nSPS) is 27.4. The molecule has 4 atom stereocenters. The standard InChI is InChI=1S/C32H41N7O6/c1-30(2,3)45-29(41)38-16-32(17-38)12-9-13-37(15-32)14-21-23-24(44-31(4,5)43-23)28(42-21)39-19-35-22-25(33-18-34-26(22)39)36-27(40)20-10-7-6-8-11-20/h6-8,10-11,18-19,21,23-24,28H,9,12-17H2,1-5H3,(H,33,34,36,40)/t21-,23-,24-,28-/m1/s1. The predicted octanol–water partition coefficient (Wildman–Crippen LogP) is 3.83. The van der Waals surface area contributed by atoms with Crippen molar-refractivity contribution < 1.29 is 28.5 Å². The van der Waals surface area contributed by atoms with Crippen molar-refractivity contribution in [3.63, 3.8) is 0 Å². The first-order chi connectivity index (χ1) is 21.4. The molecule has 4 saturated heterocycles. The largest absolute Gasteiger partial charge is 0.444 e. The molecule has 4 fully saturated rings. The Kier molecular flexibility index (Phi) is 7.34. The minimum Gasteiger partial charge on any atom is -0.444 e. The number of rotatable bonds is 5. The summed E-state index contributed by atoms with van der Waals surface area (Å²) in [6.07, 6.45) is 3.49. The molecule has 13 heteroatoms. The van der Waals surface area contributed by atoms with Gasteiger partial charge >= 0.3 is 6.09 Å². The number of likely N-dealkylation sites (tertiary alicyclic amines) is 2. The van der Waals surface area contributed by atoms with Crippen molar-refractivity contribution in [2.24, 2.45) is 5.41 Å². The van der Waals surface area contributed by atoms with Crippen molar-refractivity contribution in [3.8, 4) is 0 Å². The van der Waals surface area contributed by atoms with Gasteiger partial charge in [0, 0.05) is 37.2 Å². The Morgan fingerprint density at radius 3 is 2.56 bits per heavy atom. The Hall–Kier alpha value is -3.65. The maximum absolute atomic E-state index is 12.9. The number of carbonyl (C=O) groups excluding carboxylic acids is 2. The molecule has 2 amide bonds. The minimum absolute atomic E-state index is 0.0664. The third-order valence-corrected chi connectivity index (χ3v) is 8.91. The summed E-state index contributed by atoms with van der Waals surface area (Å²) in [5.74, 6) is -0.736. The number of imidazole rings is 1. The van der Waals surface area contributed by atoms with Crippen molar-refractivity contribution in [3.05, 3.63) is 48.5 Å². The van der Waals surface area contributed by atoms with Crippen LogP contribution in [0, 0.1) is 5.41 Å². The number of hydrogen-bond donors (Lipinski definition) is 1. The number of amides is 2. The van der Waals surface area contributed by atoms with Crippen molar-refractivity contribution in [2.75, 3.05) is 38.0 Å². The van der Waals surface area contributed by atoms with E-state index in [0.29, 0.717) is 42.2 Å². The molecule has 6 heterocycles. The monoisotopic (exact) mass is 619 g/mol. The van der Waals surface area contributed by atoms with Crippen molar-refractivity contribution >= 4 is 29.0 Å². The van der Waals surface area contributed by atoms with Crippen molar-refractivity contribution in [1.82, 2.24) is 29.3 Å². The molecule has 4 aliphatic rings. The van der Waals surface area contributed by atoms with Crippen LogP contribution in [0.3, 0.4) is 0 Å². The van der Waals surface area contributed by atoms with Gasteiger partial charge in [-0.2, -0.15) is 0 Å². The maximum atomic E-state index is 12.9. The summed E-state index contributed by atoms with van der Waals surface area (Å²) in [7, 11) is 0. The highest BCUT2D eigenvalue weighted by Crippen LogP contribution is 2.45. The zero-order valence-electron chi connectivity index (χ0n) is 26.4. The van der Waals surface area contributed by atoms with Gasteiger partial charge in [-0.3, -0.25) is 14.3 Å². The molecule has 1 aromatic carbocycles. The molecule has 0 radical (unpaired) electrons. The smallest absolute Gasteiger partial charge is 0.410 e. The van der Waals surface area contributed by atoms with Crippen LogP contribution in [0.2, 0.25) is 0 Å². The molecular formula is C32H41N7O6. The minimum atomic E-state index is -0.777. The Labute approximate surface area is 262 Å². The summed E-state index contributed by atoms with van der Waals surface area (Å²) in [5, 5.41) is 2.87. The number of hydrogen-bond acceptors (Lipinski definition) is 10. The first kappa shape index (κ1) is 30.0. The third kappa shape index (κ3) is 5.89. The van der Waals surface area contributed by atoms with Gasteiger partial charge in [0.2, 0.25) is 0 Å². The van der Waals surface area contributed by atoms with Crippen LogP contribution in [0.5, 0.6) is 0 Å². The zero-order chi connectivity index (χ0) is 31.6. The number of fused-ring (bicyclic) bond motifs is 2. The van der Waals surface area contributed by atoms with Crippen molar-refractivity contribution in [1.29, 1.82) is 0 Å². The zero-order valence-corrected chi connectivity index (χ0v) is 26.4. The number of aromatic nitrogens is 4. The maximum Gasteiger partial charge on any atom is 0.410 e. The predicted molar refractivity (Wildman–Crippen MR) is 163 cm³/mol. The first-order valence-electron chi connectivity index (χ1n) is 15.6. The number of nitrogens with zero attached hydrogens (tertiary/aromatic N) is 6. The van der Waals surface area contributed by atoms with Crippen LogP contribution < -0.4 is 5.32 Å². The fourth-order valence-electron chi connectivity index (χ4n) is 7.13. The molecule has 3 aromatic rings. The summed E-state index contributed by atoms with van der Waals surface area (Å²) in [6.45, 7) is 13.4. The van der Waals surface area contributed by atoms with Crippen LogP contribution in [-0.4, -0.2) is 104 Å². The molecule has 0 bridgehead atoms. The second-order valence-electron chi connectivity index (χ2n) is 14.2. The van der Waals surface area contributed by atoms with Gasteiger partial charge in [-0.05, 0) is 66.1 Å². The van der Waals surface area contributed by atoms with Gasteiger partial charge < -0.3 is 29.2 Å². The van der Waals surface area contributed by atoms with Gasteiger partial charge in [0.15, 0.2) is 29.0 Å². The Balaban J connectivity index is 1.07. The molecule has 0 unspecified atom stereocenters. The first-order valence-corrected chi connectivity index (χ1v) is 15.6. The number of piperidine rings is 1.